The molecular formula is C9H20S2Si. The quantitative estimate of drug-likeness (QED) is 0.637. The first-order valence-corrected chi connectivity index (χ1v) is 10.6. The van der Waals surface area contributed by atoms with Gasteiger partial charge in [0.25, 0.3) is 0 Å². The first-order chi connectivity index (χ1) is 5.40. The van der Waals surface area contributed by atoms with Gasteiger partial charge in [0.2, 0.25) is 0 Å². The molecular weight excluding hydrogens is 200 g/mol. The van der Waals surface area contributed by atoms with Crippen molar-refractivity contribution in [3.05, 3.63) is 9.81 Å². The molecule has 0 heterocycles. The summed E-state index contributed by atoms with van der Waals surface area (Å²) >= 11 is 4.02. The fraction of sp³-hybridized carbons (Fsp3) is 0.778. The molecule has 3 heteroatoms. The van der Waals surface area contributed by atoms with E-state index in [9.17, 15) is 0 Å². The summed E-state index contributed by atoms with van der Waals surface area (Å²) in [4.78, 5) is 0. The summed E-state index contributed by atoms with van der Waals surface area (Å²) in [7, 11) is -0.982. The fourth-order valence-electron chi connectivity index (χ4n) is 0.725. The van der Waals surface area contributed by atoms with E-state index in [1.807, 2.05) is 11.8 Å². The van der Waals surface area contributed by atoms with E-state index >= 15 is 0 Å². The van der Waals surface area contributed by atoms with Gasteiger partial charge in [0.1, 0.15) is 7.22 Å². The van der Waals surface area contributed by atoms with Crippen LogP contribution in [0.4, 0.5) is 0 Å². The molecule has 12 heavy (non-hydrogen) atoms. The van der Waals surface area contributed by atoms with Crippen molar-refractivity contribution in [2.45, 2.75) is 39.9 Å². The lowest BCUT2D eigenvalue weighted by atomic mass is 10.3. The lowest BCUT2D eigenvalue weighted by molar-refractivity contribution is 1.10. The van der Waals surface area contributed by atoms with Gasteiger partial charge in [-0.2, -0.15) is 0 Å². The van der Waals surface area contributed by atoms with Crippen LogP contribution in [-0.4, -0.2) is 13.5 Å². The highest BCUT2D eigenvalue weighted by Crippen LogP contribution is 2.37. The molecule has 0 nitrogen and oxygen atoms in total. The maximum atomic E-state index is 2.40. The van der Waals surface area contributed by atoms with Crippen LogP contribution in [0, 0.1) is 0 Å². The average Bonchev–Trinajstić information content (AvgIpc) is 1.97. The smallest absolute Gasteiger partial charge is 0.115 e. The van der Waals surface area contributed by atoms with Crippen LogP contribution in [0.15, 0.2) is 9.81 Å². The normalized spacial score (nSPS) is 14.5. The Kier molecular flexibility index (Phi) is 5.70. The van der Waals surface area contributed by atoms with Crippen molar-refractivity contribution in [1.82, 2.24) is 0 Å². The molecule has 0 aliphatic carbocycles. The van der Waals surface area contributed by atoms with E-state index in [-0.39, 0.29) is 0 Å². The van der Waals surface area contributed by atoms with Crippen molar-refractivity contribution < 1.29 is 0 Å². The largest absolute Gasteiger partial charge is 0.145 e. The minimum absolute atomic E-state index is 0.982. The van der Waals surface area contributed by atoms with Gasteiger partial charge in [-0.15, -0.1) is 23.0 Å². The van der Waals surface area contributed by atoms with Crippen LogP contribution in [0.3, 0.4) is 0 Å². The molecule has 0 saturated carbocycles. The maximum Gasteiger partial charge on any atom is 0.115 e. The van der Waals surface area contributed by atoms with Crippen LogP contribution in [0.5, 0.6) is 0 Å². The predicted molar refractivity (Wildman–Crippen MR) is 67.4 cm³/mol. The number of rotatable bonds is 4. The van der Waals surface area contributed by atoms with Gasteiger partial charge in [-0.05, 0) is 19.6 Å². The van der Waals surface area contributed by atoms with E-state index in [0.29, 0.717) is 0 Å². The Bertz CT molecular complexity index is 168. The molecule has 72 valence electrons. The summed E-state index contributed by atoms with van der Waals surface area (Å²) < 4.78 is 1.55. The molecule has 0 fully saturated rings. The monoisotopic (exact) mass is 220 g/mol. The zero-order valence-electron chi connectivity index (χ0n) is 9.02. The van der Waals surface area contributed by atoms with Crippen LogP contribution in [0.25, 0.3) is 0 Å². The number of hydrogen-bond acceptors (Lipinski definition) is 2. The molecule has 0 amide bonds. The van der Waals surface area contributed by atoms with Gasteiger partial charge in [-0.25, -0.2) is 0 Å². The molecule has 0 atom stereocenters. The standard InChI is InChI=1S/C9H20S2Si/c1-7-8(2)9(10-3)11-12(4,5)6/h7H2,1-6H3/b9-8+. The van der Waals surface area contributed by atoms with Crippen molar-refractivity contribution in [2.24, 2.45) is 0 Å². The molecule has 0 spiro atoms. The lowest BCUT2D eigenvalue weighted by Gasteiger charge is -2.18. The van der Waals surface area contributed by atoms with Gasteiger partial charge in [0.15, 0.2) is 0 Å². The summed E-state index contributed by atoms with van der Waals surface area (Å²) in [6.45, 7) is 11.7. The van der Waals surface area contributed by atoms with Crippen molar-refractivity contribution in [2.75, 3.05) is 6.26 Å². The lowest BCUT2D eigenvalue weighted by Crippen LogP contribution is -2.13. The van der Waals surface area contributed by atoms with E-state index in [1.54, 1.807) is 9.81 Å². The molecule has 0 aliphatic heterocycles. The summed E-state index contributed by atoms with van der Waals surface area (Å²) in [5.41, 5.74) is 1.55. The van der Waals surface area contributed by atoms with Gasteiger partial charge in [0.05, 0.1) is 0 Å². The van der Waals surface area contributed by atoms with Crippen LogP contribution in [0.2, 0.25) is 19.6 Å². The minimum Gasteiger partial charge on any atom is -0.145 e. The molecule has 0 bridgehead atoms. The number of thioether (sulfide) groups is 1. The molecule has 0 aromatic heterocycles. The third kappa shape index (κ3) is 5.33. The second kappa shape index (κ2) is 5.40. The molecule has 0 unspecified atom stereocenters. The van der Waals surface area contributed by atoms with Crippen molar-refractivity contribution in [3.8, 4) is 0 Å². The zero-order valence-corrected chi connectivity index (χ0v) is 11.7. The summed E-state index contributed by atoms with van der Waals surface area (Å²) in [6, 6.07) is 0. The van der Waals surface area contributed by atoms with E-state index in [4.69, 9.17) is 0 Å². The average molecular weight is 220 g/mol. The first-order valence-electron chi connectivity index (χ1n) is 4.33. The van der Waals surface area contributed by atoms with Gasteiger partial charge in [-0.3, -0.25) is 0 Å². The molecule has 0 aromatic rings. The number of hydrogen-bond donors (Lipinski definition) is 0. The Morgan fingerprint density at radius 2 is 1.75 bits per heavy atom. The maximum absolute atomic E-state index is 2.40. The second-order valence-corrected chi connectivity index (χ2v) is 14.0. The van der Waals surface area contributed by atoms with E-state index in [1.165, 1.54) is 6.42 Å². The van der Waals surface area contributed by atoms with Crippen LogP contribution >= 0.6 is 23.0 Å². The molecule has 0 radical (unpaired) electrons. The Labute approximate surface area is 86.2 Å². The van der Waals surface area contributed by atoms with Gasteiger partial charge in [-0.1, -0.05) is 32.1 Å². The first kappa shape index (κ1) is 12.7. The van der Waals surface area contributed by atoms with Crippen molar-refractivity contribution in [1.29, 1.82) is 0 Å². The van der Waals surface area contributed by atoms with Crippen LogP contribution in [0.1, 0.15) is 20.3 Å². The van der Waals surface area contributed by atoms with E-state index in [2.05, 4.69) is 51.0 Å². The summed E-state index contributed by atoms with van der Waals surface area (Å²) in [6.07, 6.45) is 3.37. The third-order valence-corrected chi connectivity index (χ3v) is 6.97. The van der Waals surface area contributed by atoms with Gasteiger partial charge >= 0.3 is 0 Å². The molecule has 0 aromatic carbocycles. The van der Waals surface area contributed by atoms with Gasteiger partial charge in [0, 0.05) is 4.24 Å². The Hall–Kier alpha value is 0.657. The van der Waals surface area contributed by atoms with Crippen LogP contribution in [-0.2, 0) is 0 Å². The van der Waals surface area contributed by atoms with Gasteiger partial charge < -0.3 is 0 Å². The van der Waals surface area contributed by atoms with Crippen molar-refractivity contribution >= 4 is 30.2 Å². The third-order valence-electron chi connectivity index (χ3n) is 1.46. The second-order valence-electron chi connectivity index (χ2n) is 3.84. The topological polar surface area (TPSA) is 0 Å². The minimum atomic E-state index is -0.982. The SMILES string of the molecule is CC/C(C)=C(\SC)S[Si](C)(C)C. The molecule has 0 saturated heterocycles. The highest BCUT2D eigenvalue weighted by molar-refractivity contribution is 8.39. The summed E-state index contributed by atoms with van der Waals surface area (Å²) in [5.74, 6) is 0. The van der Waals surface area contributed by atoms with E-state index < -0.39 is 7.22 Å². The Morgan fingerprint density at radius 1 is 1.25 bits per heavy atom. The van der Waals surface area contributed by atoms with E-state index in [0.717, 1.165) is 0 Å². The predicted octanol–water partition coefficient (Wildman–Crippen LogP) is 4.56. The summed E-state index contributed by atoms with van der Waals surface area (Å²) in [5, 5.41) is 0. The fourth-order valence-corrected chi connectivity index (χ4v) is 7.62. The Morgan fingerprint density at radius 3 is 2.00 bits per heavy atom. The molecule has 0 aliphatic rings. The highest BCUT2D eigenvalue weighted by Gasteiger charge is 2.17. The molecule has 0 N–H and O–H groups in total. The number of allylic oxidation sites excluding steroid dienone is 1. The Balaban J connectivity index is 4.38. The van der Waals surface area contributed by atoms with Crippen molar-refractivity contribution in [3.63, 3.8) is 0 Å². The molecule has 0 rings (SSSR count). The zero-order chi connectivity index (χ0) is 9.78. The van der Waals surface area contributed by atoms with Crippen LogP contribution < -0.4 is 0 Å². The highest BCUT2D eigenvalue weighted by atomic mass is 32.4.